The number of hydrogen-bond donors (Lipinski definition) is 1. The van der Waals surface area contributed by atoms with Crippen molar-refractivity contribution in [2.75, 3.05) is 0 Å². The smallest absolute Gasteiger partial charge is 0.303 e. The number of hydrogen-bond acceptors (Lipinski definition) is 3. The molecule has 16 heavy (non-hydrogen) atoms. The lowest BCUT2D eigenvalue weighted by molar-refractivity contribution is -0.137. The van der Waals surface area contributed by atoms with Crippen molar-refractivity contribution >= 4 is 17.0 Å². The Balaban J connectivity index is 2.40. The number of carbonyl (C=O) groups is 1. The van der Waals surface area contributed by atoms with Crippen molar-refractivity contribution in [2.24, 2.45) is 0 Å². The van der Waals surface area contributed by atoms with E-state index in [2.05, 4.69) is 9.97 Å². The Morgan fingerprint density at radius 1 is 1.56 bits per heavy atom. The molecule has 0 atom stereocenters. The first-order valence-corrected chi connectivity index (χ1v) is 5.23. The first-order valence-electron chi connectivity index (χ1n) is 5.23. The number of rotatable bonds is 4. The first-order chi connectivity index (χ1) is 7.72. The molecule has 5 nitrogen and oxygen atoms in total. The molecule has 0 aromatic carbocycles. The number of fused-ring (bicyclic) bond motifs is 1. The fraction of sp³-hybridized carbons (Fsp3) is 0.364. The summed E-state index contributed by atoms with van der Waals surface area (Å²) >= 11 is 0. The normalized spacial score (nSPS) is 10.8. The van der Waals surface area contributed by atoms with Crippen LogP contribution in [0.15, 0.2) is 18.5 Å². The summed E-state index contributed by atoms with van der Waals surface area (Å²) in [5.41, 5.74) is 1.84. The molecule has 0 aliphatic carbocycles. The molecule has 0 bridgehead atoms. The Bertz CT molecular complexity index is 519. The largest absolute Gasteiger partial charge is 0.481 e. The van der Waals surface area contributed by atoms with Gasteiger partial charge in [0.1, 0.15) is 11.3 Å². The molecule has 1 N–H and O–H groups in total. The van der Waals surface area contributed by atoms with Crippen LogP contribution < -0.4 is 0 Å². The van der Waals surface area contributed by atoms with E-state index in [9.17, 15) is 4.79 Å². The van der Waals surface area contributed by atoms with Gasteiger partial charge in [-0.1, -0.05) is 0 Å². The minimum absolute atomic E-state index is 0.108. The highest BCUT2D eigenvalue weighted by Gasteiger charge is 2.10. The van der Waals surface area contributed by atoms with Crippen LogP contribution in [0.2, 0.25) is 0 Å². The lowest BCUT2D eigenvalue weighted by atomic mass is 10.3. The molecular formula is C11H13N3O2. The summed E-state index contributed by atoms with van der Waals surface area (Å²) in [5, 5.41) is 8.66. The van der Waals surface area contributed by atoms with Gasteiger partial charge in [-0.2, -0.15) is 0 Å². The number of carboxylic acids is 1. The third-order valence-electron chi connectivity index (χ3n) is 2.51. The molecule has 0 aliphatic rings. The molecule has 2 rings (SSSR count). The number of aryl methyl sites for hydroxylation is 2. The number of nitrogens with zero attached hydrogens (tertiary/aromatic N) is 3. The molecule has 0 aliphatic heterocycles. The standard InChI is InChI=1S/C11H13N3O2/c1-2-14-9-5-6-12-7-8(9)13-10(14)3-4-11(15)16/h5-7H,2-4H2,1H3,(H,15,16). The summed E-state index contributed by atoms with van der Waals surface area (Å²) in [6.45, 7) is 2.81. The molecule has 0 unspecified atom stereocenters. The zero-order chi connectivity index (χ0) is 11.5. The second-order valence-corrected chi connectivity index (χ2v) is 3.53. The van der Waals surface area contributed by atoms with Crippen LogP contribution in [0.1, 0.15) is 19.2 Å². The zero-order valence-corrected chi connectivity index (χ0v) is 9.05. The Morgan fingerprint density at radius 2 is 2.38 bits per heavy atom. The van der Waals surface area contributed by atoms with Crippen molar-refractivity contribution < 1.29 is 9.90 Å². The zero-order valence-electron chi connectivity index (χ0n) is 9.05. The van der Waals surface area contributed by atoms with Gasteiger partial charge in [0.05, 0.1) is 18.1 Å². The van der Waals surface area contributed by atoms with E-state index in [0.29, 0.717) is 6.42 Å². The van der Waals surface area contributed by atoms with E-state index >= 15 is 0 Å². The van der Waals surface area contributed by atoms with Crippen molar-refractivity contribution in [3.8, 4) is 0 Å². The van der Waals surface area contributed by atoms with Crippen molar-refractivity contribution in [3.63, 3.8) is 0 Å². The van der Waals surface area contributed by atoms with Crippen molar-refractivity contribution in [3.05, 3.63) is 24.3 Å². The molecule has 0 amide bonds. The lowest BCUT2D eigenvalue weighted by Gasteiger charge is -2.03. The maximum atomic E-state index is 10.5. The summed E-state index contributed by atoms with van der Waals surface area (Å²) in [7, 11) is 0. The van der Waals surface area contributed by atoms with E-state index in [4.69, 9.17) is 5.11 Å². The third kappa shape index (κ3) is 1.88. The molecule has 2 heterocycles. The molecular weight excluding hydrogens is 206 g/mol. The van der Waals surface area contributed by atoms with Gasteiger partial charge in [-0.25, -0.2) is 4.98 Å². The number of aliphatic carboxylic acids is 1. The highest BCUT2D eigenvalue weighted by molar-refractivity contribution is 5.75. The molecule has 5 heteroatoms. The predicted octanol–water partition coefficient (Wildman–Crippen LogP) is 1.47. The van der Waals surface area contributed by atoms with Crippen molar-refractivity contribution in [1.29, 1.82) is 0 Å². The van der Waals surface area contributed by atoms with E-state index in [-0.39, 0.29) is 6.42 Å². The number of carboxylic acid groups (broad SMARTS) is 1. The van der Waals surface area contributed by atoms with Gasteiger partial charge in [-0.05, 0) is 13.0 Å². The second-order valence-electron chi connectivity index (χ2n) is 3.53. The van der Waals surface area contributed by atoms with E-state index in [1.54, 1.807) is 12.4 Å². The molecule has 0 saturated heterocycles. The van der Waals surface area contributed by atoms with E-state index < -0.39 is 5.97 Å². The SMILES string of the molecule is CCn1c(CCC(=O)O)nc2cnccc21. The van der Waals surface area contributed by atoms with Crippen LogP contribution >= 0.6 is 0 Å². The van der Waals surface area contributed by atoms with Crippen LogP contribution in [0.5, 0.6) is 0 Å². The summed E-state index contributed by atoms with van der Waals surface area (Å²) in [6.07, 6.45) is 3.98. The fourth-order valence-electron chi connectivity index (χ4n) is 1.79. The van der Waals surface area contributed by atoms with Gasteiger partial charge in [0.2, 0.25) is 0 Å². The maximum absolute atomic E-state index is 10.5. The number of pyridine rings is 1. The molecule has 2 aromatic rings. The Kier molecular flexibility index (Phi) is 2.85. The molecule has 0 radical (unpaired) electrons. The van der Waals surface area contributed by atoms with E-state index in [0.717, 1.165) is 23.4 Å². The van der Waals surface area contributed by atoms with Crippen LogP contribution in [0.3, 0.4) is 0 Å². The van der Waals surface area contributed by atoms with Gasteiger partial charge in [0, 0.05) is 19.2 Å². The second kappa shape index (κ2) is 4.30. The predicted molar refractivity (Wildman–Crippen MR) is 59.2 cm³/mol. The fourth-order valence-corrected chi connectivity index (χ4v) is 1.79. The Hall–Kier alpha value is -1.91. The summed E-state index contributed by atoms with van der Waals surface area (Å²) in [4.78, 5) is 18.9. The van der Waals surface area contributed by atoms with E-state index in [1.807, 2.05) is 17.6 Å². The van der Waals surface area contributed by atoms with Crippen LogP contribution in [0, 0.1) is 0 Å². The van der Waals surface area contributed by atoms with Crippen LogP contribution in [-0.2, 0) is 17.8 Å². The van der Waals surface area contributed by atoms with Gasteiger partial charge >= 0.3 is 5.97 Å². The van der Waals surface area contributed by atoms with Crippen molar-refractivity contribution in [1.82, 2.24) is 14.5 Å². The minimum atomic E-state index is -0.798. The monoisotopic (exact) mass is 219 g/mol. The van der Waals surface area contributed by atoms with Gasteiger partial charge in [-0.3, -0.25) is 9.78 Å². The van der Waals surface area contributed by atoms with Gasteiger partial charge in [-0.15, -0.1) is 0 Å². The summed E-state index contributed by atoms with van der Waals surface area (Å²) < 4.78 is 2.03. The van der Waals surface area contributed by atoms with Crippen molar-refractivity contribution in [2.45, 2.75) is 26.3 Å². The van der Waals surface area contributed by atoms with Gasteiger partial charge < -0.3 is 9.67 Å². The molecule has 2 aromatic heterocycles. The molecule has 0 spiro atoms. The van der Waals surface area contributed by atoms with Crippen LogP contribution in [-0.4, -0.2) is 25.6 Å². The van der Waals surface area contributed by atoms with Gasteiger partial charge in [0.15, 0.2) is 0 Å². The molecule has 0 fully saturated rings. The Labute approximate surface area is 92.8 Å². The molecule has 0 saturated carbocycles. The molecule has 84 valence electrons. The number of imidazole rings is 1. The number of aromatic nitrogens is 3. The average Bonchev–Trinajstić information content (AvgIpc) is 2.63. The topological polar surface area (TPSA) is 68.0 Å². The third-order valence-corrected chi connectivity index (χ3v) is 2.51. The minimum Gasteiger partial charge on any atom is -0.481 e. The highest BCUT2D eigenvalue weighted by atomic mass is 16.4. The summed E-state index contributed by atoms with van der Waals surface area (Å²) in [6, 6.07) is 1.90. The Morgan fingerprint density at radius 3 is 3.06 bits per heavy atom. The van der Waals surface area contributed by atoms with Crippen LogP contribution in [0.25, 0.3) is 11.0 Å². The lowest BCUT2D eigenvalue weighted by Crippen LogP contribution is -2.05. The quantitative estimate of drug-likeness (QED) is 0.845. The summed E-state index contributed by atoms with van der Waals surface area (Å²) in [5.74, 6) is 0.0146. The van der Waals surface area contributed by atoms with Crippen LogP contribution in [0.4, 0.5) is 0 Å². The maximum Gasteiger partial charge on any atom is 0.303 e. The highest BCUT2D eigenvalue weighted by Crippen LogP contribution is 2.15. The average molecular weight is 219 g/mol. The van der Waals surface area contributed by atoms with Gasteiger partial charge in [0.25, 0.3) is 0 Å². The first kappa shape index (κ1) is 10.6. The van der Waals surface area contributed by atoms with E-state index in [1.165, 1.54) is 0 Å².